The van der Waals surface area contributed by atoms with E-state index in [9.17, 15) is 0 Å². The van der Waals surface area contributed by atoms with Gasteiger partial charge in [0.2, 0.25) is 0 Å². The molecule has 49 heavy (non-hydrogen) atoms. The lowest BCUT2D eigenvalue weighted by atomic mass is 9.72. The summed E-state index contributed by atoms with van der Waals surface area (Å²) in [5, 5.41) is 3.62. The lowest BCUT2D eigenvalue weighted by Crippen LogP contribution is -2.30. The maximum atomic E-state index is 6.50. The third-order valence-corrected chi connectivity index (χ3v) is 11.1. The molecule has 2 aliphatic rings. The number of hydrogen-bond donors (Lipinski definition) is 2. The van der Waals surface area contributed by atoms with Crippen LogP contribution < -0.4 is 16.0 Å². The largest absolute Gasteiger partial charge is 0.398 e. The predicted octanol–water partition coefficient (Wildman–Crippen LogP) is 12.6. The van der Waals surface area contributed by atoms with Crippen LogP contribution in [0.1, 0.15) is 25.0 Å². The zero-order valence-corrected chi connectivity index (χ0v) is 28.3. The van der Waals surface area contributed by atoms with Gasteiger partial charge in [0, 0.05) is 32.1 Å². The third kappa shape index (κ3) is 4.99. The van der Waals surface area contributed by atoms with E-state index in [1.807, 2.05) is 23.9 Å². The van der Waals surface area contributed by atoms with Gasteiger partial charge in [0.15, 0.2) is 0 Å². The summed E-state index contributed by atoms with van der Waals surface area (Å²) in [6, 6.07) is 56.7. The number of benzene rings is 7. The molecule has 0 atom stereocenters. The highest BCUT2D eigenvalue weighted by molar-refractivity contribution is 7.99. The van der Waals surface area contributed by atoms with E-state index in [0.29, 0.717) is 0 Å². The van der Waals surface area contributed by atoms with Crippen LogP contribution in [0.25, 0.3) is 33.4 Å². The maximum Gasteiger partial charge on any atom is 0.0526 e. The Labute approximate surface area is 292 Å². The zero-order chi connectivity index (χ0) is 33.1. The van der Waals surface area contributed by atoms with Crippen LogP contribution in [0.2, 0.25) is 0 Å². The topological polar surface area (TPSA) is 41.3 Å². The SMILES string of the molecule is CC1(C)c2cc(-c3ccc4c(c3)Sc3ccccc3N4)ccc2N(c2ccccc2)c2ccc(-c3ccc(N)c(-c4ccccc4)c3)cc21. The predicted molar refractivity (Wildman–Crippen MR) is 208 cm³/mol. The van der Waals surface area contributed by atoms with Crippen LogP contribution >= 0.6 is 11.8 Å². The summed E-state index contributed by atoms with van der Waals surface area (Å²) in [7, 11) is 0. The standard InChI is InChI=1S/C45H35N3S/c1-45(2)36-26-31(30-17-21-38(46)35(25-30)29-11-5-3-6-12-29)19-23-41(36)48(34-13-7-4-8-14-34)42-24-20-32(27-37(42)45)33-18-22-40-44(28-33)49-43-16-10-9-15-39(43)47-40/h3-28,47H,46H2,1-2H3. The zero-order valence-electron chi connectivity index (χ0n) is 27.4. The lowest BCUT2D eigenvalue weighted by Gasteiger charge is -2.42. The molecule has 7 aromatic carbocycles. The van der Waals surface area contributed by atoms with Crippen molar-refractivity contribution in [2.45, 2.75) is 29.1 Å². The molecular formula is C45H35N3S. The number of fused-ring (bicyclic) bond motifs is 4. The molecule has 0 amide bonds. The molecule has 0 unspecified atom stereocenters. The fourth-order valence-corrected chi connectivity index (χ4v) is 8.40. The Kier molecular flexibility index (Phi) is 6.89. The highest BCUT2D eigenvalue weighted by Crippen LogP contribution is 2.54. The molecule has 4 heteroatoms. The van der Waals surface area contributed by atoms with Gasteiger partial charge in [-0.15, -0.1) is 0 Å². The maximum absolute atomic E-state index is 6.50. The summed E-state index contributed by atoms with van der Waals surface area (Å²) in [6.07, 6.45) is 0. The molecule has 0 saturated heterocycles. The summed E-state index contributed by atoms with van der Waals surface area (Å²) in [5.41, 5.74) is 22.4. The van der Waals surface area contributed by atoms with Crippen molar-refractivity contribution >= 4 is 45.9 Å². The van der Waals surface area contributed by atoms with Crippen LogP contribution in [0.15, 0.2) is 168 Å². The molecule has 3 N–H and O–H groups in total. The number of nitrogen functional groups attached to an aromatic ring is 1. The van der Waals surface area contributed by atoms with Crippen LogP contribution in [0.4, 0.5) is 34.1 Å². The molecule has 2 heterocycles. The Balaban J connectivity index is 1.17. The average Bonchev–Trinajstić information content (AvgIpc) is 3.15. The number of nitrogens with zero attached hydrogens (tertiary/aromatic N) is 1. The summed E-state index contributed by atoms with van der Waals surface area (Å²) in [6.45, 7) is 4.73. The Hall–Kier alpha value is -5.71. The molecule has 2 aliphatic heterocycles. The third-order valence-electron chi connectivity index (χ3n) is 10.00. The van der Waals surface area contributed by atoms with E-state index in [1.165, 1.54) is 49.0 Å². The molecule has 3 nitrogen and oxygen atoms in total. The van der Waals surface area contributed by atoms with E-state index < -0.39 is 0 Å². The lowest BCUT2D eigenvalue weighted by molar-refractivity contribution is 0.632. The van der Waals surface area contributed by atoms with Crippen LogP contribution in [-0.2, 0) is 5.41 Å². The monoisotopic (exact) mass is 649 g/mol. The molecule has 9 rings (SSSR count). The quantitative estimate of drug-likeness (QED) is 0.186. The molecule has 0 bridgehead atoms. The van der Waals surface area contributed by atoms with E-state index in [1.54, 1.807) is 0 Å². The first-order valence-electron chi connectivity index (χ1n) is 16.7. The number of anilines is 6. The summed E-state index contributed by atoms with van der Waals surface area (Å²) in [4.78, 5) is 4.92. The fraction of sp³-hybridized carbons (Fsp3) is 0.0667. The van der Waals surface area contributed by atoms with Gasteiger partial charge < -0.3 is 16.0 Å². The van der Waals surface area contributed by atoms with Crippen molar-refractivity contribution in [2.24, 2.45) is 0 Å². The minimum absolute atomic E-state index is 0.262. The van der Waals surface area contributed by atoms with Crippen molar-refractivity contribution in [2.75, 3.05) is 16.0 Å². The molecule has 0 radical (unpaired) electrons. The summed E-state index contributed by atoms with van der Waals surface area (Å²) in [5.74, 6) is 0. The number of nitrogens with two attached hydrogens (primary N) is 1. The Morgan fingerprint density at radius 3 is 1.78 bits per heavy atom. The van der Waals surface area contributed by atoms with Gasteiger partial charge in [-0.3, -0.25) is 0 Å². The van der Waals surface area contributed by atoms with Crippen molar-refractivity contribution in [3.63, 3.8) is 0 Å². The number of para-hydroxylation sites is 2. The number of hydrogen-bond acceptors (Lipinski definition) is 4. The normalized spacial score (nSPS) is 13.8. The molecule has 0 aliphatic carbocycles. The van der Waals surface area contributed by atoms with E-state index in [-0.39, 0.29) is 5.41 Å². The summed E-state index contributed by atoms with van der Waals surface area (Å²) < 4.78 is 0. The summed E-state index contributed by atoms with van der Waals surface area (Å²) >= 11 is 1.83. The minimum atomic E-state index is -0.262. The van der Waals surface area contributed by atoms with Gasteiger partial charge in [0.1, 0.15) is 0 Å². The van der Waals surface area contributed by atoms with Crippen molar-refractivity contribution < 1.29 is 0 Å². The first kappa shape index (κ1) is 29.4. The van der Waals surface area contributed by atoms with Crippen LogP contribution in [0, 0.1) is 0 Å². The van der Waals surface area contributed by atoms with Crippen molar-refractivity contribution in [3.8, 4) is 33.4 Å². The van der Waals surface area contributed by atoms with Gasteiger partial charge >= 0.3 is 0 Å². The Morgan fingerprint density at radius 2 is 1.06 bits per heavy atom. The highest BCUT2D eigenvalue weighted by Gasteiger charge is 2.37. The van der Waals surface area contributed by atoms with E-state index >= 15 is 0 Å². The van der Waals surface area contributed by atoms with Crippen LogP contribution in [0.3, 0.4) is 0 Å². The molecule has 0 aromatic heterocycles. The van der Waals surface area contributed by atoms with Crippen molar-refractivity contribution in [1.82, 2.24) is 0 Å². The van der Waals surface area contributed by atoms with Crippen LogP contribution in [-0.4, -0.2) is 0 Å². The first-order valence-corrected chi connectivity index (χ1v) is 17.5. The van der Waals surface area contributed by atoms with E-state index in [2.05, 4.69) is 170 Å². The average molecular weight is 650 g/mol. The van der Waals surface area contributed by atoms with E-state index in [0.717, 1.165) is 39.4 Å². The van der Waals surface area contributed by atoms with Crippen molar-refractivity contribution in [1.29, 1.82) is 0 Å². The van der Waals surface area contributed by atoms with Crippen LogP contribution in [0.5, 0.6) is 0 Å². The first-order chi connectivity index (χ1) is 23.9. The van der Waals surface area contributed by atoms with Gasteiger partial charge in [-0.2, -0.15) is 0 Å². The van der Waals surface area contributed by atoms with Gasteiger partial charge in [-0.1, -0.05) is 111 Å². The molecule has 7 aromatic rings. The van der Waals surface area contributed by atoms with Gasteiger partial charge in [0.05, 0.1) is 22.7 Å². The van der Waals surface area contributed by atoms with Gasteiger partial charge in [-0.05, 0) is 112 Å². The molecule has 0 fully saturated rings. The Morgan fingerprint density at radius 1 is 0.510 bits per heavy atom. The molecule has 0 saturated carbocycles. The second-order valence-electron chi connectivity index (χ2n) is 13.4. The fourth-order valence-electron chi connectivity index (χ4n) is 7.37. The second-order valence-corrected chi connectivity index (χ2v) is 14.4. The Bertz CT molecular complexity index is 2380. The molecule has 0 spiro atoms. The highest BCUT2D eigenvalue weighted by atomic mass is 32.2. The van der Waals surface area contributed by atoms with Gasteiger partial charge in [-0.25, -0.2) is 0 Å². The van der Waals surface area contributed by atoms with E-state index in [4.69, 9.17) is 5.73 Å². The number of nitrogens with one attached hydrogen (secondary N) is 1. The molecular weight excluding hydrogens is 615 g/mol. The second kappa shape index (κ2) is 11.5. The van der Waals surface area contributed by atoms with Crippen molar-refractivity contribution in [3.05, 3.63) is 169 Å². The smallest absolute Gasteiger partial charge is 0.0526 e. The number of rotatable bonds is 4. The van der Waals surface area contributed by atoms with Gasteiger partial charge in [0.25, 0.3) is 0 Å². The molecule has 236 valence electrons. The minimum Gasteiger partial charge on any atom is -0.398 e.